The van der Waals surface area contributed by atoms with Gasteiger partial charge in [0, 0.05) is 19.3 Å². The molecule has 0 aliphatic carbocycles. The molecule has 0 saturated carbocycles. The van der Waals surface area contributed by atoms with E-state index in [-0.39, 0.29) is 18.0 Å². The van der Waals surface area contributed by atoms with Crippen LogP contribution in [-0.2, 0) is 20.3 Å². The van der Waals surface area contributed by atoms with Gasteiger partial charge in [0.1, 0.15) is 5.75 Å². The van der Waals surface area contributed by atoms with E-state index in [0.29, 0.717) is 25.6 Å². The van der Waals surface area contributed by atoms with Crippen molar-refractivity contribution in [1.29, 1.82) is 0 Å². The van der Waals surface area contributed by atoms with Crippen LogP contribution in [0.3, 0.4) is 0 Å². The van der Waals surface area contributed by atoms with Crippen LogP contribution in [0, 0.1) is 5.92 Å². The van der Waals surface area contributed by atoms with Gasteiger partial charge in [-0.25, -0.2) is 13.2 Å². The zero-order chi connectivity index (χ0) is 22.4. The third-order valence-electron chi connectivity index (χ3n) is 5.27. The van der Waals surface area contributed by atoms with E-state index in [1.165, 1.54) is 6.26 Å². The molecular weight excluding hydrogens is 414 g/mol. The van der Waals surface area contributed by atoms with Crippen molar-refractivity contribution in [1.82, 2.24) is 4.90 Å². The molecule has 2 aromatic rings. The van der Waals surface area contributed by atoms with Gasteiger partial charge in [0.05, 0.1) is 18.5 Å². The van der Waals surface area contributed by atoms with Crippen LogP contribution in [-0.4, -0.2) is 51.5 Å². The number of benzene rings is 2. The van der Waals surface area contributed by atoms with Crippen LogP contribution < -0.4 is 4.74 Å². The molecule has 0 radical (unpaired) electrons. The number of ether oxygens (including phenoxy) is 2. The van der Waals surface area contributed by atoms with Crippen LogP contribution in [0.15, 0.2) is 48.5 Å². The first-order valence-corrected chi connectivity index (χ1v) is 12.7. The number of piperidine rings is 1. The highest BCUT2D eigenvalue weighted by molar-refractivity contribution is 7.89. The second kappa shape index (κ2) is 10.2. The second-order valence-electron chi connectivity index (χ2n) is 8.47. The summed E-state index contributed by atoms with van der Waals surface area (Å²) in [6.07, 6.45) is 2.73. The molecule has 1 fully saturated rings. The molecule has 0 spiro atoms. The van der Waals surface area contributed by atoms with Crippen molar-refractivity contribution in [3.05, 3.63) is 54.1 Å². The summed E-state index contributed by atoms with van der Waals surface area (Å²) < 4.78 is 34.1. The van der Waals surface area contributed by atoms with Gasteiger partial charge in [-0.05, 0) is 61.4 Å². The van der Waals surface area contributed by atoms with Crippen LogP contribution in [0.1, 0.15) is 32.3 Å². The van der Waals surface area contributed by atoms with Crippen LogP contribution in [0.25, 0.3) is 11.1 Å². The Morgan fingerprint density at radius 2 is 1.55 bits per heavy atom. The molecule has 2 aromatic carbocycles. The van der Waals surface area contributed by atoms with Crippen molar-refractivity contribution in [2.45, 2.75) is 38.5 Å². The molecule has 7 heteroatoms. The molecule has 1 saturated heterocycles. The SMILES string of the molecule is CC(C)OC(=O)N1CCC(COc2ccc(-c3ccc(CS(C)(=O)=O)cc3)cc2)CC1. The minimum Gasteiger partial charge on any atom is -0.493 e. The van der Waals surface area contributed by atoms with Crippen LogP contribution in [0.4, 0.5) is 4.79 Å². The fraction of sp³-hybridized carbons (Fsp3) is 0.458. The summed E-state index contributed by atoms with van der Waals surface area (Å²) in [4.78, 5) is 13.7. The lowest BCUT2D eigenvalue weighted by Crippen LogP contribution is -2.40. The first-order valence-electron chi connectivity index (χ1n) is 10.6. The summed E-state index contributed by atoms with van der Waals surface area (Å²) >= 11 is 0. The zero-order valence-electron chi connectivity index (χ0n) is 18.4. The Morgan fingerprint density at radius 3 is 2.06 bits per heavy atom. The van der Waals surface area contributed by atoms with Crippen LogP contribution >= 0.6 is 0 Å². The van der Waals surface area contributed by atoms with Gasteiger partial charge in [0.2, 0.25) is 0 Å². The molecule has 6 nitrogen and oxygen atoms in total. The number of carbonyl (C=O) groups is 1. The first-order chi connectivity index (χ1) is 14.7. The highest BCUT2D eigenvalue weighted by Crippen LogP contribution is 2.25. The summed E-state index contributed by atoms with van der Waals surface area (Å²) in [7, 11) is -3.03. The lowest BCUT2D eigenvalue weighted by molar-refractivity contribution is 0.0608. The molecule has 0 aromatic heterocycles. The van der Waals surface area contributed by atoms with Crippen molar-refractivity contribution >= 4 is 15.9 Å². The Morgan fingerprint density at radius 1 is 1.00 bits per heavy atom. The molecule has 31 heavy (non-hydrogen) atoms. The summed E-state index contributed by atoms with van der Waals surface area (Å²) in [6.45, 7) is 5.75. The Hall–Kier alpha value is -2.54. The molecule has 0 atom stereocenters. The summed E-state index contributed by atoms with van der Waals surface area (Å²) in [5.41, 5.74) is 2.87. The standard InChI is InChI=1S/C24H31NO5S/c1-18(2)30-24(26)25-14-12-19(13-15-25)16-29-23-10-8-22(9-11-23)21-6-4-20(5-7-21)17-31(3,27)28/h4-11,18-19H,12-17H2,1-3H3. The van der Waals surface area contributed by atoms with E-state index >= 15 is 0 Å². The van der Waals surface area contributed by atoms with Gasteiger partial charge < -0.3 is 14.4 Å². The van der Waals surface area contributed by atoms with Crippen molar-refractivity contribution in [3.8, 4) is 16.9 Å². The third kappa shape index (κ3) is 7.28. The number of nitrogens with zero attached hydrogens (tertiary/aromatic N) is 1. The molecule has 0 N–H and O–H groups in total. The second-order valence-corrected chi connectivity index (χ2v) is 10.6. The Balaban J connectivity index is 1.47. The lowest BCUT2D eigenvalue weighted by atomic mass is 9.98. The highest BCUT2D eigenvalue weighted by atomic mass is 32.2. The van der Waals surface area contributed by atoms with Crippen molar-refractivity contribution < 1.29 is 22.7 Å². The molecule has 1 amide bonds. The minimum atomic E-state index is -3.03. The van der Waals surface area contributed by atoms with E-state index in [2.05, 4.69) is 0 Å². The molecule has 1 aliphatic rings. The Bertz CT molecular complexity index is 960. The van der Waals surface area contributed by atoms with Gasteiger partial charge >= 0.3 is 6.09 Å². The number of hydrogen-bond acceptors (Lipinski definition) is 5. The quantitative estimate of drug-likeness (QED) is 0.626. The zero-order valence-corrected chi connectivity index (χ0v) is 19.2. The highest BCUT2D eigenvalue weighted by Gasteiger charge is 2.24. The van der Waals surface area contributed by atoms with Crippen molar-refractivity contribution in [3.63, 3.8) is 0 Å². The largest absolute Gasteiger partial charge is 0.493 e. The molecule has 0 bridgehead atoms. The van der Waals surface area contributed by atoms with E-state index in [4.69, 9.17) is 9.47 Å². The van der Waals surface area contributed by atoms with E-state index in [1.54, 1.807) is 4.90 Å². The summed E-state index contributed by atoms with van der Waals surface area (Å²) in [6, 6.07) is 15.5. The average Bonchev–Trinajstić information content (AvgIpc) is 2.72. The topological polar surface area (TPSA) is 72.9 Å². The van der Waals surface area contributed by atoms with Gasteiger partial charge in [0.15, 0.2) is 9.84 Å². The molecule has 3 rings (SSSR count). The Labute approximate surface area is 185 Å². The van der Waals surface area contributed by atoms with E-state index in [1.807, 2.05) is 62.4 Å². The molecule has 0 unspecified atom stereocenters. The summed E-state index contributed by atoms with van der Waals surface area (Å²) in [5, 5.41) is 0. The van der Waals surface area contributed by atoms with Crippen LogP contribution in [0.5, 0.6) is 5.75 Å². The first kappa shape index (κ1) is 23.1. The monoisotopic (exact) mass is 445 g/mol. The van der Waals surface area contributed by atoms with Crippen molar-refractivity contribution in [2.24, 2.45) is 5.92 Å². The van der Waals surface area contributed by atoms with Gasteiger partial charge in [-0.15, -0.1) is 0 Å². The van der Waals surface area contributed by atoms with Gasteiger partial charge in [-0.3, -0.25) is 0 Å². The normalized spacial score (nSPS) is 15.2. The molecule has 1 aliphatic heterocycles. The third-order valence-corrected chi connectivity index (χ3v) is 6.12. The Kier molecular flexibility index (Phi) is 7.59. The number of likely N-dealkylation sites (tertiary alicyclic amines) is 1. The summed E-state index contributed by atoms with van der Waals surface area (Å²) in [5.74, 6) is 1.29. The number of amides is 1. The smallest absolute Gasteiger partial charge is 0.410 e. The predicted molar refractivity (Wildman–Crippen MR) is 122 cm³/mol. The number of carbonyl (C=O) groups excluding carboxylic acids is 1. The number of hydrogen-bond donors (Lipinski definition) is 0. The van der Waals surface area contributed by atoms with E-state index in [0.717, 1.165) is 35.3 Å². The minimum absolute atomic E-state index is 0.0535. The molecule has 1 heterocycles. The maximum absolute atomic E-state index is 12.0. The fourth-order valence-electron chi connectivity index (χ4n) is 3.61. The number of rotatable bonds is 7. The maximum atomic E-state index is 12.0. The maximum Gasteiger partial charge on any atom is 0.410 e. The van der Waals surface area contributed by atoms with Crippen LogP contribution in [0.2, 0.25) is 0 Å². The van der Waals surface area contributed by atoms with E-state index in [9.17, 15) is 13.2 Å². The lowest BCUT2D eigenvalue weighted by Gasteiger charge is -2.31. The molecule has 168 valence electrons. The number of sulfone groups is 1. The fourth-order valence-corrected chi connectivity index (χ4v) is 4.41. The van der Waals surface area contributed by atoms with E-state index < -0.39 is 9.84 Å². The van der Waals surface area contributed by atoms with Gasteiger partial charge in [-0.1, -0.05) is 36.4 Å². The average molecular weight is 446 g/mol. The predicted octanol–water partition coefficient (Wildman–Crippen LogP) is 4.53. The van der Waals surface area contributed by atoms with Gasteiger partial charge in [0.25, 0.3) is 0 Å². The van der Waals surface area contributed by atoms with Gasteiger partial charge in [-0.2, -0.15) is 0 Å². The molecular formula is C24H31NO5S. The van der Waals surface area contributed by atoms with Crippen molar-refractivity contribution in [2.75, 3.05) is 26.0 Å².